The summed E-state index contributed by atoms with van der Waals surface area (Å²) < 4.78 is 6.73. The van der Waals surface area contributed by atoms with Gasteiger partial charge in [-0.1, -0.05) is 30.3 Å². The van der Waals surface area contributed by atoms with Crippen molar-refractivity contribution in [1.29, 1.82) is 0 Å². The van der Waals surface area contributed by atoms with Crippen LogP contribution in [0.5, 0.6) is 0 Å². The van der Waals surface area contributed by atoms with Gasteiger partial charge in [0.1, 0.15) is 5.56 Å². The van der Waals surface area contributed by atoms with Crippen LogP contribution in [0, 0.1) is 12.8 Å². The van der Waals surface area contributed by atoms with Crippen LogP contribution in [0.15, 0.2) is 66.9 Å². The average molecular weight is 487 g/mol. The van der Waals surface area contributed by atoms with E-state index in [1.54, 1.807) is 22.6 Å². The fourth-order valence-corrected chi connectivity index (χ4v) is 4.21. The van der Waals surface area contributed by atoms with E-state index >= 15 is 0 Å². The molecule has 0 bridgehead atoms. The first-order valence-electron chi connectivity index (χ1n) is 12.1. The van der Waals surface area contributed by atoms with Crippen LogP contribution in [-0.4, -0.2) is 52.2 Å². The van der Waals surface area contributed by atoms with Crippen LogP contribution >= 0.6 is 0 Å². The molecule has 4 rings (SSSR count). The van der Waals surface area contributed by atoms with Gasteiger partial charge in [0, 0.05) is 30.8 Å². The van der Waals surface area contributed by atoms with Gasteiger partial charge in [-0.15, -0.1) is 0 Å². The maximum atomic E-state index is 12.8. The van der Waals surface area contributed by atoms with Gasteiger partial charge in [0.15, 0.2) is 0 Å². The normalized spacial score (nSPS) is 14.1. The summed E-state index contributed by atoms with van der Waals surface area (Å²) in [6.07, 6.45) is 6.15. The fourth-order valence-electron chi connectivity index (χ4n) is 4.21. The van der Waals surface area contributed by atoms with Crippen LogP contribution in [0.2, 0.25) is 0 Å². The molecule has 36 heavy (non-hydrogen) atoms. The van der Waals surface area contributed by atoms with Crippen LogP contribution in [0.4, 0.5) is 5.69 Å². The number of piperidine rings is 1. The Morgan fingerprint density at radius 2 is 1.75 bits per heavy atom. The number of anilines is 1. The number of nitrogens with one attached hydrogen (secondary N) is 1. The molecule has 0 atom stereocenters. The maximum Gasteiger partial charge on any atom is 0.341 e. The van der Waals surface area contributed by atoms with Crippen molar-refractivity contribution < 1.29 is 19.1 Å². The lowest BCUT2D eigenvalue weighted by molar-refractivity contribution is -0.130. The van der Waals surface area contributed by atoms with Gasteiger partial charge in [-0.2, -0.15) is 5.10 Å². The smallest absolute Gasteiger partial charge is 0.341 e. The lowest BCUT2D eigenvalue weighted by Gasteiger charge is -2.30. The molecule has 1 fully saturated rings. The van der Waals surface area contributed by atoms with Crippen molar-refractivity contribution in [1.82, 2.24) is 14.7 Å². The van der Waals surface area contributed by atoms with Gasteiger partial charge < -0.3 is 15.0 Å². The first-order valence-corrected chi connectivity index (χ1v) is 12.1. The number of benzene rings is 2. The zero-order valence-corrected chi connectivity index (χ0v) is 20.5. The standard InChI is InChI=1S/C28H30N4O4/c1-3-36-28(35)25-19-29-32(20(25)2)24-12-10-23(11-13-24)30-27(34)22-15-17-31(18-16-22)26(33)14-9-21-7-5-4-6-8-21/h4-14,19,22H,3,15-18H2,1-2H3,(H,30,34). The van der Waals surface area contributed by atoms with Crippen molar-refractivity contribution in [3.63, 3.8) is 0 Å². The molecular formula is C28H30N4O4. The second kappa shape index (κ2) is 11.5. The molecule has 8 heteroatoms. The highest BCUT2D eigenvalue weighted by molar-refractivity contribution is 5.94. The zero-order chi connectivity index (χ0) is 25.5. The first-order chi connectivity index (χ1) is 17.5. The molecule has 1 aliphatic heterocycles. The second-order valence-electron chi connectivity index (χ2n) is 8.66. The molecule has 8 nitrogen and oxygen atoms in total. The molecule has 3 aromatic rings. The highest BCUT2D eigenvalue weighted by Gasteiger charge is 2.26. The number of nitrogens with zero attached hydrogens (tertiary/aromatic N) is 3. The van der Waals surface area contributed by atoms with Crippen LogP contribution in [0.25, 0.3) is 11.8 Å². The fraction of sp³-hybridized carbons (Fsp3) is 0.286. The number of carbonyl (C=O) groups excluding carboxylic acids is 3. The predicted octanol–water partition coefficient (Wildman–Crippen LogP) is 4.25. The molecule has 0 saturated carbocycles. The summed E-state index contributed by atoms with van der Waals surface area (Å²) in [7, 11) is 0. The number of carbonyl (C=O) groups is 3. The van der Waals surface area contributed by atoms with Gasteiger partial charge in [0.25, 0.3) is 0 Å². The minimum absolute atomic E-state index is 0.0340. The van der Waals surface area contributed by atoms with Gasteiger partial charge >= 0.3 is 5.97 Å². The molecule has 1 N–H and O–H groups in total. The van der Waals surface area contributed by atoms with Crippen molar-refractivity contribution >= 4 is 29.5 Å². The number of esters is 1. The molecule has 186 valence electrons. The average Bonchev–Trinajstić information content (AvgIpc) is 3.29. The number of amides is 2. The van der Waals surface area contributed by atoms with Crippen LogP contribution in [0.3, 0.4) is 0 Å². The Hall–Kier alpha value is -4.20. The summed E-state index contributed by atoms with van der Waals surface area (Å²) in [5, 5.41) is 7.27. The molecular weight excluding hydrogens is 456 g/mol. The van der Waals surface area contributed by atoms with E-state index in [1.165, 1.54) is 6.20 Å². The quantitative estimate of drug-likeness (QED) is 0.398. The van der Waals surface area contributed by atoms with E-state index in [4.69, 9.17) is 4.74 Å². The number of likely N-dealkylation sites (tertiary alicyclic amines) is 1. The number of hydrogen-bond acceptors (Lipinski definition) is 5. The van der Waals surface area contributed by atoms with Gasteiger partial charge in [-0.3, -0.25) is 9.59 Å². The Labute approximate surface area is 210 Å². The largest absolute Gasteiger partial charge is 0.462 e. The van der Waals surface area contributed by atoms with Crippen LogP contribution in [0.1, 0.15) is 41.4 Å². The molecule has 0 aliphatic carbocycles. The van der Waals surface area contributed by atoms with E-state index in [0.717, 1.165) is 11.3 Å². The topological polar surface area (TPSA) is 93.5 Å². The summed E-state index contributed by atoms with van der Waals surface area (Å²) in [4.78, 5) is 39.1. The molecule has 2 heterocycles. The van der Waals surface area contributed by atoms with Crippen molar-refractivity contribution in [3.8, 4) is 5.69 Å². The van der Waals surface area contributed by atoms with E-state index in [0.29, 0.717) is 49.5 Å². The van der Waals surface area contributed by atoms with E-state index in [-0.39, 0.29) is 17.7 Å². The molecule has 1 aliphatic rings. The molecule has 2 amide bonds. The lowest BCUT2D eigenvalue weighted by atomic mass is 9.95. The molecule has 2 aromatic carbocycles. The second-order valence-corrected chi connectivity index (χ2v) is 8.66. The minimum atomic E-state index is -0.398. The maximum absolute atomic E-state index is 12.8. The predicted molar refractivity (Wildman–Crippen MR) is 138 cm³/mol. The third kappa shape index (κ3) is 5.89. The molecule has 0 unspecified atom stereocenters. The SMILES string of the molecule is CCOC(=O)c1cnn(-c2ccc(NC(=O)C3CCN(C(=O)C=Cc4ccccc4)CC3)cc2)c1C. The third-order valence-corrected chi connectivity index (χ3v) is 6.28. The van der Waals surface area contributed by atoms with E-state index in [2.05, 4.69) is 10.4 Å². The van der Waals surface area contributed by atoms with Crippen molar-refractivity contribution in [2.24, 2.45) is 5.92 Å². The van der Waals surface area contributed by atoms with Gasteiger partial charge in [-0.25, -0.2) is 9.48 Å². The highest BCUT2D eigenvalue weighted by atomic mass is 16.5. The van der Waals surface area contributed by atoms with E-state index in [9.17, 15) is 14.4 Å². The summed E-state index contributed by atoms with van der Waals surface area (Å²) >= 11 is 0. The van der Waals surface area contributed by atoms with Crippen LogP contribution in [-0.2, 0) is 14.3 Å². The Bertz CT molecular complexity index is 1240. The van der Waals surface area contributed by atoms with Crippen molar-refractivity contribution in [3.05, 3.63) is 83.7 Å². The Morgan fingerprint density at radius 3 is 2.42 bits per heavy atom. The Kier molecular flexibility index (Phi) is 7.95. The zero-order valence-electron chi connectivity index (χ0n) is 20.5. The van der Waals surface area contributed by atoms with Gasteiger partial charge in [0.05, 0.1) is 24.2 Å². The Balaban J connectivity index is 1.29. The lowest BCUT2D eigenvalue weighted by Crippen LogP contribution is -2.40. The number of rotatable bonds is 7. The monoisotopic (exact) mass is 486 g/mol. The first kappa shape index (κ1) is 24.9. The summed E-state index contributed by atoms with van der Waals surface area (Å²) in [6.45, 7) is 4.98. The summed E-state index contributed by atoms with van der Waals surface area (Å²) in [5.74, 6) is -0.625. The number of aromatic nitrogens is 2. The van der Waals surface area contributed by atoms with Gasteiger partial charge in [0.2, 0.25) is 11.8 Å². The van der Waals surface area contributed by atoms with E-state index in [1.807, 2.05) is 67.6 Å². The number of hydrogen-bond donors (Lipinski definition) is 1. The molecule has 1 saturated heterocycles. The summed E-state index contributed by atoms with van der Waals surface area (Å²) in [5.41, 5.74) is 3.55. The summed E-state index contributed by atoms with van der Waals surface area (Å²) in [6, 6.07) is 17.0. The Morgan fingerprint density at radius 1 is 1.06 bits per heavy atom. The van der Waals surface area contributed by atoms with E-state index < -0.39 is 5.97 Å². The van der Waals surface area contributed by atoms with Crippen LogP contribution < -0.4 is 5.32 Å². The molecule has 0 radical (unpaired) electrons. The minimum Gasteiger partial charge on any atom is -0.462 e. The van der Waals surface area contributed by atoms with Crippen molar-refractivity contribution in [2.45, 2.75) is 26.7 Å². The highest BCUT2D eigenvalue weighted by Crippen LogP contribution is 2.22. The van der Waals surface area contributed by atoms with Crippen molar-refractivity contribution in [2.75, 3.05) is 25.0 Å². The molecule has 1 aromatic heterocycles. The van der Waals surface area contributed by atoms with Gasteiger partial charge in [-0.05, 0) is 62.6 Å². The third-order valence-electron chi connectivity index (χ3n) is 6.28. The number of ether oxygens (including phenoxy) is 1. The molecule has 0 spiro atoms.